The van der Waals surface area contributed by atoms with E-state index in [1.807, 2.05) is 4.90 Å². The molecule has 2 heterocycles. The second-order valence-electron chi connectivity index (χ2n) is 9.49. The van der Waals surface area contributed by atoms with Crippen LogP contribution in [0.15, 0.2) is 36.4 Å². The highest BCUT2D eigenvalue weighted by atomic mass is 35.5. The van der Waals surface area contributed by atoms with Gasteiger partial charge in [-0.1, -0.05) is 11.6 Å². The van der Waals surface area contributed by atoms with Crippen LogP contribution in [0.1, 0.15) is 26.7 Å². The number of fused-ring (bicyclic) bond motifs is 1. The zero-order chi connectivity index (χ0) is 27.7. The summed E-state index contributed by atoms with van der Waals surface area (Å²) in [5.41, 5.74) is -1.25. The highest BCUT2D eigenvalue weighted by Gasteiger charge is 2.45. The molecule has 1 unspecified atom stereocenters. The van der Waals surface area contributed by atoms with Gasteiger partial charge in [0.2, 0.25) is 5.91 Å². The summed E-state index contributed by atoms with van der Waals surface area (Å²) in [5, 5.41) is 14.0. The Morgan fingerprint density at radius 3 is 2.47 bits per heavy atom. The quantitative estimate of drug-likeness (QED) is 0.385. The first-order valence-corrected chi connectivity index (χ1v) is 12.1. The topological polar surface area (TPSA) is 107 Å². The number of halogens is 4. The van der Waals surface area contributed by atoms with Crippen LogP contribution in [0.25, 0.3) is 0 Å². The second kappa shape index (κ2) is 10.5. The number of ether oxygens (including phenoxy) is 4. The molecule has 0 saturated carbocycles. The lowest BCUT2D eigenvalue weighted by atomic mass is 10.0. The Bertz CT molecular complexity index is 1210. The number of likely N-dealkylation sites (tertiary alicyclic amines) is 1. The van der Waals surface area contributed by atoms with Crippen LogP contribution in [0.5, 0.6) is 23.0 Å². The predicted octanol–water partition coefficient (Wildman–Crippen LogP) is 4.16. The van der Waals surface area contributed by atoms with E-state index in [1.165, 1.54) is 13.0 Å². The highest BCUT2D eigenvalue weighted by molar-refractivity contribution is 6.30. The van der Waals surface area contributed by atoms with Crippen molar-refractivity contribution in [2.75, 3.05) is 31.6 Å². The average molecular weight is 559 g/mol. The first-order chi connectivity index (χ1) is 17.7. The predicted molar refractivity (Wildman–Crippen MR) is 130 cm³/mol. The van der Waals surface area contributed by atoms with Crippen LogP contribution in [-0.2, 0) is 9.59 Å². The van der Waals surface area contributed by atoms with Crippen LogP contribution in [0.3, 0.4) is 0 Å². The standard InChI is InChI=1S/C25H26ClF3N2O7/c1-15(32)30-18-5-4-17(36-22(33)25(27,28)29)12-20(18)35-14-23(2,34)13-31-9-7-24(8-10-31)37-19-6-3-16(26)11-21(19)38-24/h3-6,11-12,34H,7-10,13-14H2,1-2H3,(H,30,32). The van der Waals surface area contributed by atoms with Crippen LogP contribution >= 0.6 is 11.6 Å². The normalized spacial score (nSPS) is 18.1. The van der Waals surface area contributed by atoms with Crippen LogP contribution in [-0.4, -0.2) is 65.7 Å². The number of esters is 1. The highest BCUT2D eigenvalue weighted by Crippen LogP contribution is 2.44. The molecule has 206 valence electrons. The van der Waals surface area contributed by atoms with Crippen molar-refractivity contribution in [2.24, 2.45) is 0 Å². The van der Waals surface area contributed by atoms with E-state index < -0.39 is 35.2 Å². The van der Waals surface area contributed by atoms with Gasteiger partial charge in [0, 0.05) is 56.6 Å². The van der Waals surface area contributed by atoms with Gasteiger partial charge in [0.15, 0.2) is 11.5 Å². The maximum absolute atomic E-state index is 12.6. The van der Waals surface area contributed by atoms with Gasteiger partial charge in [-0.05, 0) is 31.2 Å². The molecule has 2 aliphatic heterocycles. The second-order valence-corrected chi connectivity index (χ2v) is 9.93. The molecule has 4 rings (SSSR count). The average Bonchev–Trinajstić information content (AvgIpc) is 3.16. The number of carbonyl (C=O) groups is 2. The van der Waals surface area contributed by atoms with Crippen LogP contribution in [0.4, 0.5) is 18.9 Å². The molecule has 0 bridgehead atoms. The number of carbonyl (C=O) groups excluding carboxylic acids is 2. The minimum Gasteiger partial charge on any atom is -0.488 e. The Morgan fingerprint density at radius 2 is 1.82 bits per heavy atom. The van der Waals surface area contributed by atoms with Gasteiger partial charge in [-0.3, -0.25) is 9.69 Å². The lowest BCUT2D eigenvalue weighted by Crippen LogP contribution is -2.53. The van der Waals surface area contributed by atoms with Gasteiger partial charge in [0.05, 0.1) is 5.69 Å². The zero-order valence-corrected chi connectivity index (χ0v) is 21.3. The van der Waals surface area contributed by atoms with Gasteiger partial charge >= 0.3 is 12.1 Å². The van der Waals surface area contributed by atoms with Crippen LogP contribution in [0, 0.1) is 0 Å². The number of nitrogens with zero attached hydrogens (tertiary/aromatic N) is 1. The van der Waals surface area contributed by atoms with Crippen LogP contribution in [0.2, 0.25) is 5.02 Å². The van der Waals surface area contributed by atoms with Crippen molar-refractivity contribution in [3.05, 3.63) is 41.4 Å². The summed E-state index contributed by atoms with van der Waals surface area (Å²) in [7, 11) is 0. The summed E-state index contributed by atoms with van der Waals surface area (Å²) in [4.78, 5) is 24.7. The van der Waals surface area contributed by atoms with Gasteiger partial charge in [-0.2, -0.15) is 13.2 Å². The third kappa shape index (κ3) is 6.80. The molecule has 1 atom stereocenters. The first kappa shape index (κ1) is 27.8. The summed E-state index contributed by atoms with van der Waals surface area (Å²) in [6, 6.07) is 8.55. The molecule has 1 saturated heterocycles. The van der Waals surface area contributed by atoms with Gasteiger partial charge in [0.25, 0.3) is 5.79 Å². The summed E-state index contributed by atoms with van der Waals surface area (Å²) in [5.74, 6) is -2.94. The van der Waals surface area contributed by atoms with Crippen molar-refractivity contribution < 1.29 is 46.8 Å². The fraction of sp³-hybridized carbons (Fsp3) is 0.440. The van der Waals surface area contributed by atoms with E-state index in [-0.39, 0.29) is 24.6 Å². The lowest BCUT2D eigenvalue weighted by Gasteiger charge is -2.40. The Balaban J connectivity index is 1.36. The number of benzene rings is 2. The number of hydrogen-bond acceptors (Lipinski definition) is 8. The van der Waals surface area contributed by atoms with E-state index in [9.17, 15) is 27.9 Å². The fourth-order valence-electron chi connectivity index (χ4n) is 4.23. The smallest absolute Gasteiger partial charge is 0.488 e. The molecular formula is C25H26ClF3N2O7. The molecule has 0 aliphatic carbocycles. The van der Waals surface area contributed by atoms with Crippen molar-refractivity contribution in [1.82, 2.24) is 4.90 Å². The van der Waals surface area contributed by atoms with E-state index in [0.717, 1.165) is 12.1 Å². The van der Waals surface area contributed by atoms with E-state index in [2.05, 4.69) is 10.1 Å². The molecule has 9 nitrogen and oxygen atoms in total. The molecule has 13 heteroatoms. The number of amides is 1. The summed E-state index contributed by atoms with van der Waals surface area (Å²) in [6.07, 6.45) is -4.11. The third-order valence-corrected chi connectivity index (χ3v) is 6.16. The maximum Gasteiger partial charge on any atom is 0.491 e. The van der Waals surface area contributed by atoms with Crippen molar-refractivity contribution in [3.8, 4) is 23.0 Å². The molecule has 1 spiro atoms. The van der Waals surface area contributed by atoms with Crippen molar-refractivity contribution in [3.63, 3.8) is 0 Å². The lowest BCUT2D eigenvalue weighted by molar-refractivity contribution is -0.189. The number of hydrogen-bond donors (Lipinski definition) is 2. The van der Waals surface area contributed by atoms with Gasteiger partial charge in [-0.25, -0.2) is 4.79 Å². The number of rotatable bonds is 7. The fourth-order valence-corrected chi connectivity index (χ4v) is 4.39. The minimum atomic E-state index is -5.18. The number of piperidine rings is 1. The monoisotopic (exact) mass is 558 g/mol. The Kier molecular flexibility index (Phi) is 7.69. The summed E-state index contributed by atoms with van der Waals surface area (Å²) in [6.45, 7) is 3.83. The van der Waals surface area contributed by atoms with E-state index in [1.54, 1.807) is 25.1 Å². The van der Waals surface area contributed by atoms with Crippen LogP contribution < -0.4 is 24.3 Å². The largest absolute Gasteiger partial charge is 0.491 e. The Morgan fingerprint density at radius 1 is 1.13 bits per heavy atom. The van der Waals surface area contributed by atoms with Gasteiger partial charge in [0.1, 0.15) is 23.7 Å². The molecule has 2 N–H and O–H groups in total. The summed E-state index contributed by atoms with van der Waals surface area (Å²) >= 11 is 6.03. The maximum atomic E-state index is 12.6. The van der Waals surface area contributed by atoms with Gasteiger partial charge < -0.3 is 29.4 Å². The number of anilines is 1. The first-order valence-electron chi connectivity index (χ1n) is 11.7. The molecule has 2 aromatic rings. The van der Waals surface area contributed by atoms with Crippen molar-refractivity contribution in [1.29, 1.82) is 0 Å². The molecule has 1 amide bonds. The molecule has 0 radical (unpaired) electrons. The van der Waals surface area contributed by atoms with Gasteiger partial charge in [-0.15, -0.1) is 0 Å². The van der Waals surface area contributed by atoms with E-state index >= 15 is 0 Å². The van der Waals surface area contributed by atoms with E-state index in [0.29, 0.717) is 42.5 Å². The molecule has 1 fully saturated rings. The molecule has 0 aromatic heterocycles. The molecule has 38 heavy (non-hydrogen) atoms. The number of β-amino-alcohol motifs (C(OH)–C–C–N with tert-alkyl or cyclic N) is 1. The van der Waals surface area contributed by atoms with Crippen molar-refractivity contribution >= 4 is 29.2 Å². The SMILES string of the molecule is CC(=O)Nc1ccc(OC(=O)C(F)(F)F)cc1OCC(C)(O)CN1CCC2(CC1)Oc1ccc(Cl)cc1O2. The summed E-state index contributed by atoms with van der Waals surface area (Å²) < 4.78 is 59.8. The van der Waals surface area contributed by atoms with E-state index in [4.69, 9.17) is 25.8 Å². The third-order valence-electron chi connectivity index (χ3n) is 5.92. The zero-order valence-electron chi connectivity index (χ0n) is 20.6. The Hall–Kier alpha value is -3.22. The molecule has 2 aliphatic rings. The van der Waals surface area contributed by atoms with Crippen molar-refractivity contribution in [2.45, 2.75) is 44.3 Å². The molecule has 2 aromatic carbocycles. The molecular weight excluding hydrogens is 533 g/mol. The number of aliphatic hydroxyl groups is 1. The number of nitrogens with one attached hydrogen (secondary N) is 1. The Labute approximate surface area is 221 Å². The minimum absolute atomic E-state index is 0.0743. The number of alkyl halides is 3.